The van der Waals surface area contributed by atoms with E-state index in [1.165, 1.54) is 23.2 Å². The number of benzene rings is 1. The van der Waals surface area contributed by atoms with Crippen LogP contribution in [0, 0.1) is 17.0 Å². The fourth-order valence-electron chi connectivity index (χ4n) is 2.57. The first kappa shape index (κ1) is 19.3. The van der Waals surface area contributed by atoms with E-state index in [-0.39, 0.29) is 24.1 Å². The first-order valence-corrected chi connectivity index (χ1v) is 8.17. The number of nitrogens with one attached hydrogen (secondary N) is 1. The smallest absolute Gasteiger partial charge is 0.311 e. The minimum absolute atomic E-state index is 0.127. The van der Waals surface area contributed by atoms with Crippen molar-refractivity contribution in [3.05, 3.63) is 63.8 Å². The number of rotatable bonds is 8. The number of hydrogen-bond acceptors (Lipinski definition) is 6. The van der Waals surface area contributed by atoms with E-state index in [0.29, 0.717) is 6.42 Å². The Labute approximate surface area is 151 Å². The molecule has 2 aromatic rings. The fourth-order valence-corrected chi connectivity index (χ4v) is 2.57. The Morgan fingerprint density at radius 1 is 1.35 bits per heavy atom. The molecule has 138 valence electrons. The van der Waals surface area contributed by atoms with Crippen molar-refractivity contribution in [2.24, 2.45) is 0 Å². The van der Waals surface area contributed by atoms with E-state index in [2.05, 4.69) is 10.3 Å². The minimum atomic E-state index is -0.586. The summed E-state index contributed by atoms with van der Waals surface area (Å²) >= 11 is 0. The molecule has 1 unspecified atom stereocenters. The molecule has 0 fully saturated rings. The maximum absolute atomic E-state index is 11.7. The summed E-state index contributed by atoms with van der Waals surface area (Å²) in [5.41, 5.74) is 2.03. The third kappa shape index (κ3) is 5.25. The lowest BCUT2D eigenvalue weighted by atomic mass is 10.0. The van der Waals surface area contributed by atoms with Gasteiger partial charge in [0.05, 0.1) is 4.92 Å². The molecule has 2 rings (SSSR count). The van der Waals surface area contributed by atoms with Gasteiger partial charge in [-0.2, -0.15) is 0 Å². The number of nitrogens with zero attached hydrogens (tertiary/aromatic N) is 3. The van der Waals surface area contributed by atoms with Crippen molar-refractivity contribution in [2.45, 2.75) is 19.4 Å². The van der Waals surface area contributed by atoms with Gasteiger partial charge in [0, 0.05) is 31.9 Å². The molecular formula is C18H22N4O4. The first-order valence-electron chi connectivity index (χ1n) is 8.17. The third-order valence-electron chi connectivity index (χ3n) is 3.98. The normalized spacial score (nSPS) is 11.7. The number of carbonyl (C=O) groups excluding carboxylic acids is 1. The molecule has 0 aliphatic carbocycles. The molecule has 8 heteroatoms. The molecule has 26 heavy (non-hydrogen) atoms. The van der Waals surface area contributed by atoms with Gasteiger partial charge in [-0.05, 0) is 25.0 Å². The Bertz CT molecular complexity index is 764. The Balaban J connectivity index is 2.23. The number of nitro groups is 1. The van der Waals surface area contributed by atoms with Crippen LogP contribution in [0.2, 0.25) is 0 Å². The average molecular weight is 358 g/mol. The van der Waals surface area contributed by atoms with E-state index in [0.717, 1.165) is 11.1 Å². The number of aromatic nitrogens is 1. The van der Waals surface area contributed by atoms with Crippen LogP contribution in [0.1, 0.15) is 11.1 Å². The highest BCUT2D eigenvalue weighted by atomic mass is 16.6. The van der Waals surface area contributed by atoms with Gasteiger partial charge >= 0.3 is 5.69 Å². The molecular weight excluding hydrogens is 336 g/mol. The number of hydrogen-bond donors (Lipinski definition) is 2. The molecule has 0 saturated heterocycles. The summed E-state index contributed by atoms with van der Waals surface area (Å²) in [4.78, 5) is 27.9. The van der Waals surface area contributed by atoms with Crippen LogP contribution >= 0.6 is 0 Å². The van der Waals surface area contributed by atoms with Crippen LogP contribution in [0.25, 0.3) is 0 Å². The number of aliphatic hydroxyl groups is 1. The molecule has 0 radical (unpaired) electrons. The number of pyridine rings is 1. The molecule has 0 aliphatic heterocycles. The van der Waals surface area contributed by atoms with Gasteiger partial charge in [-0.3, -0.25) is 14.9 Å². The number of amides is 1. The maximum Gasteiger partial charge on any atom is 0.311 e. The zero-order valence-electron chi connectivity index (χ0n) is 14.8. The van der Waals surface area contributed by atoms with E-state index in [4.69, 9.17) is 5.11 Å². The predicted molar refractivity (Wildman–Crippen MR) is 97.9 cm³/mol. The van der Waals surface area contributed by atoms with Gasteiger partial charge in [0.1, 0.15) is 6.61 Å². The third-order valence-corrected chi connectivity index (χ3v) is 3.98. The van der Waals surface area contributed by atoms with Crippen molar-refractivity contribution in [3.8, 4) is 0 Å². The van der Waals surface area contributed by atoms with Crippen LogP contribution in [0.4, 0.5) is 11.5 Å². The number of likely N-dealkylation sites (N-methyl/N-ethyl adjacent to an activating group) is 1. The lowest BCUT2D eigenvalue weighted by molar-refractivity contribution is -0.384. The number of anilines is 1. The topological polar surface area (TPSA) is 109 Å². The molecule has 1 aromatic heterocycles. The largest absolute Gasteiger partial charge is 0.387 e. The fraction of sp³-hybridized carbons (Fsp3) is 0.333. The van der Waals surface area contributed by atoms with Crippen molar-refractivity contribution in [1.82, 2.24) is 9.88 Å². The van der Waals surface area contributed by atoms with Gasteiger partial charge in [0.15, 0.2) is 0 Å². The Morgan fingerprint density at radius 2 is 2.04 bits per heavy atom. The summed E-state index contributed by atoms with van der Waals surface area (Å²) in [7, 11) is 1.58. The summed E-state index contributed by atoms with van der Waals surface area (Å²) in [6.45, 7) is 1.67. The van der Waals surface area contributed by atoms with Crippen molar-refractivity contribution < 1.29 is 14.8 Å². The van der Waals surface area contributed by atoms with Crippen LogP contribution in [0.15, 0.2) is 42.6 Å². The second-order valence-corrected chi connectivity index (χ2v) is 6.09. The predicted octanol–water partition coefficient (Wildman–Crippen LogP) is 1.77. The van der Waals surface area contributed by atoms with Crippen molar-refractivity contribution in [3.63, 3.8) is 0 Å². The standard InChI is InChI=1S/C18H22N4O4/c1-13-5-7-14(8-6-13)10-15(11-21(2)17(24)12-23)20-18-16(22(25)26)4-3-9-19-18/h3-9,15,23H,10-12H2,1-2H3,(H,19,20). The molecule has 0 aliphatic rings. The number of aryl methyl sites for hydroxylation is 1. The van der Waals surface area contributed by atoms with Gasteiger partial charge < -0.3 is 15.3 Å². The highest BCUT2D eigenvalue weighted by molar-refractivity contribution is 5.77. The zero-order valence-corrected chi connectivity index (χ0v) is 14.8. The average Bonchev–Trinajstić information content (AvgIpc) is 2.63. The lowest BCUT2D eigenvalue weighted by Crippen LogP contribution is -2.40. The van der Waals surface area contributed by atoms with Crippen molar-refractivity contribution in [1.29, 1.82) is 0 Å². The van der Waals surface area contributed by atoms with Crippen LogP contribution in [-0.2, 0) is 11.2 Å². The molecule has 0 saturated carbocycles. The van der Waals surface area contributed by atoms with Crippen molar-refractivity contribution >= 4 is 17.4 Å². The first-order chi connectivity index (χ1) is 12.4. The van der Waals surface area contributed by atoms with Crippen molar-refractivity contribution in [2.75, 3.05) is 25.5 Å². The summed E-state index contributed by atoms with van der Waals surface area (Å²) in [6, 6.07) is 10.5. The second-order valence-electron chi connectivity index (χ2n) is 6.09. The number of aliphatic hydroxyl groups excluding tert-OH is 1. The van der Waals surface area contributed by atoms with Gasteiger partial charge in [-0.1, -0.05) is 29.8 Å². The maximum atomic E-state index is 11.7. The van der Waals surface area contributed by atoms with Gasteiger partial charge in [-0.15, -0.1) is 0 Å². The number of carbonyl (C=O) groups is 1. The SMILES string of the molecule is Cc1ccc(CC(CN(C)C(=O)CO)Nc2ncccc2[N+](=O)[O-])cc1. The molecule has 0 bridgehead atoms. The summed E-state index contributed by atoms with van der Waals surface area (Å²) in [6.07, 6.45) is 2.01. The molecule has 1 atom stereocenters. The molecule has 1 aromatic carbocycles. The molecule has 2 N–H and O–H groups in total. The summed E-state index contributed by atoms with van der Waals surface area (Å²) in [5.74, 6) is -0.268. The Morgan fingerprint density at radius 3 is 2.65 bits per heavy atom. The van der Waals surface area contributed by atoms with E-state index in [1.807, 2.05) is 31.2 Å². The van der Waals surface area contributed by atoms with E-state index in [9.17, 15) is 14.9 Å². The van der Waals surface area contributed by atoms with Crippen LogP contribution in [0.5, 0.6) is 0 Å². The lowest BCUT2D eigenvalue weighted by Gasteiger charge is -2.25. The van der Waals surface area contributed by atoms with Gasteiger partial charge in [-0.25, -0.2) is 4.98 Å². The van der Waals surface area contributed by atoms with Crippen LogP contribution < -0.4 is 5.32 Å². The summed E-state index contributed by atoms with van der Waals surface area (Å²) < 4.78 is 0. The highest BCUT2D eigenvalue weighted by Crippen LogP contribution is 2.22. The second kappa shape index (κ2) is 8.91. The molecule has 1 amide bonds. The van der Waals surface area contributed by atoms with E-state index in [1.54, 1.807) is 7.05 Å². The molecule has 8 nitrogen and oxygen atoms in total. The molecule has 0 spiro atoms. The van der Waals surface area contributed by atoms with Crippen LogP contribution in [0.3, 0.4) is 0 Å². The van der Waals surface area contributed by atoms with Crippen LogP contribution in [-0.4, -0.2) is 52.1 Å². The van der Waals surface area contributed by atoms with Gasteiger partial charge in [0.25, 0.3) is 0 Å². The highest BCUT2D eigenvalue weighted by Gasteiger charge is 2.21. The van der Waals surface area contributed by atoms with Gasteiger partial charge in [0.2, 0.25) is 11.7 Å². The van der Waals surface area contributed by atoms with E-state index >= 15 is 0 Å². The molecule has 1 heterocycles. The quantitative estimate of drug-likeness (QED) is 0.550. The summed E-state index contributed by atoms with van der Waals surface area (Å²) in [5, 5.41) is 23.3. The zero-order chi connectivity index (χ0) is 19.1. The minimum Gasteiger partial charge on any atom is -0.387 e. The Hall–Kier alpha value is -3.00. The monoisotopic (exact) mass is 358 g/mol. The van der Waals surface area contributed by atoms with E-state index < -0.39 is 17.4 Å². The Kier molecular flexibility index (Phi) is 6.62.